The number of fused-ring (bicyclic) bond motifs is 1. The lowest BCUT2D eigenvalue weighted by Gasteiger charge is -2.07. The highest BCUT2D eigenvalue weighted by Crippen LogP contribution is 2.41. The molecule has 0 saturated carbocycles. The molecule has 5 rings (SSSR count). The van der Waals surface area contributed by atoms with Crippen LogP contribution in [-0.2, 0) is 0 Å². The molecular weight excluding hydrogens is 500 g/mol. The van der Waals surface area contributed by atoms with Crippen molar-refractivity contribution in [2.75, 3.05) is 12.8 Å². The molecule has 0 aliphatic carbocycles. The second-order valence-electron chi connectivity index (χ2n) is 7.75. The Morgan fingerprint density at radius 2 is 1.84 bits per heavy atom. The summed E-state index contributed by atoms with van der Waals surface area (Å²) in [5, 5.41) is 44.9. The average Bonchev–Trinajstić information content (AvgIpc) is 3.55. The van der Waals surface area contributed by atoms with Crippen LogP contribution in [0.5, 0.6) is 11.5 Å². The molecule has 0 unspecified atom stereocenters. The molecule has 3 aromatic heterocycles. The van der Waals surface area contributed by atoms with Crippen LogP contribution in [0.25, 0.3) is 28.4 Å². The van der Waals surface area contributed by atoms with E-state index in [0.29, 0.717) is 29.0 Å². The van der Waals surface area contributed by atoms with Gasteiger partial charge in [-0.3, -0.25) is 20.2 Å². The number of non-ortho nitro benzene ring substituents is 1. The number of nitrogens with two attached hydrogens (primary N) is 1. The van der Waals surface area contributed by atoms with Gasteiger partial charge < -0.3 is 20.0 Å². The Morgan fingerprint density at radius 3 is 2.47 bits per heavy atom. The molecule has 3 N–H and O–H groups in total. The molecule has 190 valence electrons. The zero-order valence-corrected chi connectivity index (χ0v) is 19.4. The van der Waals surface area contributed by atoms with E-state index in [1.165, 1.54) is 10.8 Å². The van der Waals surface area contributed by atoms with Crippen molar-refractivity contribution in [2.24, 2.45) is 10.2 Å². The van der Waals surface area contributed by atoms with E-state index in [0.717, 1.165) is 11.6 Å². The SMILES string of the molecule is COc1ccc(-c2cc(-c3ccco3)n3nc(N)c(N=Nc4cc([N+](=O)[O-])cc([N+](=O)[O-])c4O)c3n2)cc1. The number of nitro benzene ring substituents is 2. The number of benzene rings is 2. The van der Waals surface area contributed by atoms with Gasteiger partial charge in [0.25, 0.3) is 5.69 Å². The first-order chi connectivity index (χ1) is 18.3. The molecule has 0 fully saturated rings. The van der Waals surface area contributed by atoms with Gasteiger partial charge in [0, 0.05) is 11.6 Å². The van der Waals surface area contributed by atoms with Gasteiger partial charge >= 0.3 is 5.69 Å². The topological polar surface area (TPSA) is 210 Å². The van der Waals surface area contributed by atoms with Crippen molar-refractivity contribution in [1.29, 1.82) is 0 Å². The second kappa shape index (κ2) is 9.30. The minimum Gasteiger partial charge on any atom is -0.501 e. The molecule has 0 aliphatic heterocycles. The van der Waals surface area contributed by atoms with Crippen LogP contribution in [0.15, 0.2) is 75.5 Å². The van der Waals surface area contributed by atoms with E-state index in [9.17, 15) is 25.3 Å². The molecule has 0 atom stereocenters. The molecule has 15 nitrogen and oxygen atoms in total. The molecule has 0 saturated heterocycles. The number of anilines is 1. The van der Waals surface area contributed by atoms with E-state index in [-0.39, 0.29) is 17.2 Å². The number of hydrogen-bond donors (Lipinski definition) is 2. The van der Waals surface area contributed by atoms with E-state index in [1.54, 1.807) is 49.6 Å². The maximum atomic E-state index is 11.3. The molecule has 0 radical (unpaired) electrons. The van der Waals surface area contributed by atoms with Gasteiger partial charge in [-0.05, 0) is 42.5 Å². The maximum Gasteiger partial charge on any atom is 0.319 e. The number of ether oxygens (including phenoxy) is 1. The number of phenolic OH excluding ortho intramolecular Hbond substituents is 1. The Kier molecular flexibility index (Phi) is 5.84. The lowest BCUT2D eigenvalue weighted by atomic mass is 10.1. The number of azo groups is 1. The number of methoxy groups -OCH3 is 1. The zero-order chi connectivity index (χ0) is 27.0. The van der Waals surface area contributed by atoms with Gasteiger partial charge in [0.15, 0.2) is 22.9 Å². The highest BCUT2D eigenvalue weighted by atomic mass is 16.6. The average molecular weight is 516 g/mol. The zero-order valence-electron chi connectivity index (χ0n) is 19.4. The van der Waals surface area contributed by atoms with Gasteiger partial charge in [-0.1, -0.05) is 0 Å². The molecule has 0 bridgehead atoms. The van der Waals surface area contributed by atoms with E-state index >= 15 is 0 Å². The fourth-order valence-corrected chi connectivity index (χ4v) is 3.64. The molecule has 15 heteroatoms. The first-order valence-corrected chi connectivity index (χ1v) is 10.7. The number of phenols is 1. The van der Waals surface area contributed by atoms with E-state index < -0.39 is 32.7 Å². The Morgan fingerprint density at radius 1 is 1.08 bits per heavy atom. The third-order valence-electron chi connectivity index (χ3n) is 5.47. The first kappa shape index (κ1) is 23.9. The largest absolute Gasteiger partial charge is 0.501 e. The first-order valence-electron chi connectivity index (χ1n) is 10.7. The highest BCUT2D eigenvalue weighted by molar-refractivity contribution is 5.81. The van der Waals surface area contributed by atoms with Crippen LogP contribution in [0.3, 0.4) is 0 Å². The summed E-state index contributed by atoms with van der Waals surface area (Å²) in [7, 11) is 1.55. The smallest absolute Gasteiger partial charge is 0.319 e. The molecule has 5 aromatic rings. The molecular formula is C23H16N8O7. The van der Waals surface area contributed by atoms with Crippen LogP contribution in [0.2, 0.25) is 0 Å². The summed E-state index contributed by atoms with van der Waals surface area (Å²) in [6.45, 7) is 0. The fourth-order valence-electron chi connectivity index (χ4n) is 3.64. The van der Waals surface area contributed by atoms with Crippen molar-refractivity contribution in [3.8, 4) is 34.2 Å². The predicted molar refractivity (Wildman–Crippen MR) is 133 cm³/mol. The van der Waals surface area contributed by atoms with Crippen LogP contribution < -0.4 is 10.5 Å². The number of nitrogen functional groups attached to an aromatic ring is 1. The molecule has 0 aliphatic rings. The van der Waals surface area contributed by atoms with Gasteiger partial charge in [-0.2, -0.15) is 0 Å². The van der Waals surface area contributed by atoms with Crippen molar-refractivity contribution in [2.45, 2.75) is 0 Å². The van der Waals surface area contributed by atoms with Crippen molar-refractivity contribution in [1.82, 2.24) is 14.6 Å². The van der Waals surface area contributed by atoms with Crippen LogP contribution in [0.4, 0.5) is 28.6 Å². The summed E-state index contributed by atoms with van der Waals surface area (Å²) in [4.78, 5) is 25.3. The van der Waals surface area contributed by atoms with Crippen molar-refractivity contribution in [3.05, 3.63) is 81.1 Å². The number of nitrogens with zero attached hydrogens (tertiary/aromatic N) is 7. The van der Waals surface area contributed by atoms with Crippen molar-refractivity contribution >= 4 is 34.2 Å². The van der Waals surface area contributed by atoms with Gasteiger partial charge in [-0.25, -0.2) is 9.50 Å². The van der Waals surface area contributed by atoms with Gasteiger partial charge in [0.2, 0.25) is 5.75 Å². The predicted octanol–water partition coefficient (Wildman–Crippen LogP) is 5.18. The van der Waals surface area contributed by atoms with Crippen molar-refractivity contribution < 1.29 is 24.1 Å². The number of aromatic hydroxyl groups is 1. The van der Waals surface area contributed by atoms with E-state index in [2.05, 4.69) is 20.3 Å². The monoisotopic (exact) mass is 516 g/mol. The van der Waals surface area contributed by atoms with Gasteiger partial charge in [0.1, 0.15) is 17.1 Å². The Bertz CT molecular complexity index is 1730. The molecule has 0 amide bonds. The van der Waals surface area contributed by atoms with Crippen LogP contribution in [0.1, 0.15) is 0 Å². The molecule has 2 aromatic carbocycles. The minimum atomic E-state index is -0.969. The normalized spacial score (nSPS) is 11.3. The third kappa shape index (κ3) is 4.19. The Hall–Kier alpha value is -5.86. The van der Waals surface area contributed by atoms with Crippen LogP contribution in [-0.4, -0.2) is 36.7 Å². The summed E-state index contributed by atoms with van der Waals surface area (Å²) >= 11 is 0. The van der Waals surface area contributed by atoms with E-state index in [1.807, 2.05) is 0 Å². The summed E-state index contributed by atoms with van der Waals surface area (Å²) in [6.07, 6.45) is 1.49. The number of furan rings is 1. The van der Waals surface area contributed by atoms with Gasteiger partial charge in [-0.15, -0.1) is 15.3 Å². The lowest BCUT2D eigenvalue weighted by molar-refractivity contribution is -0.394. The summed E-state index contributed by atoms with van der Waals surface area (Å²) in [5.74, 6) is 0.0861. The standard InChI is InChI=1S/C23H16N8O7/c1-37-14-6-4-12(5-7-14)15-11-17(19-3-2-8-38-19)29-23(25-15)20(22(24)28-29)27-26-16-9-13(30(33)34)10-18(21(16)32)31(35)36/h2-11,32H,1H3,(H2,24,28). The van der Waals surface area contributed by atoms with Crippen LogP contribution in [0, 0.1) is 20.2 Å². The van der Waals surface area contributed by atoms with Crippen molar-refractivity contribution in [3.63, 3.8) is 0 Å². The Labute approximate surface area is 211 Å². The number of rotatable bonds is 7. The molecule has 0 spiro atoms. The fraction of sp³-hybridized carbons (Fsp3) is 0.0435. The molecule has 38 heavy (non-hydrogen) atoms. The summed E-state index contributed by atoms with van der Waals surface area (Å²) < 4.78 is 12.1. The van der Waals surface area contributed by atoms with E-state index in [4.69, 9.17) is 14.9 Å². The maximum absolute atomic E-state index is 11.3. The number of aromatic nitrogens is 3. The highest BCUT2D eigenvalue weighted by Gasteiger charge is 2.25. The van der Waals surface area contributed by atoms with Gasteiger partial charge in [0.05, 0.1) is 35.0 Å². The van der Waals surface area contributed by atoms with Crippen LogP contribution >= 0.6 is 0 Å². The second-order valence-corrected chi connectivity index (χ2v) is 7.75. The number of nitro groups is 2. The quantitative estimate of drug-likeness (QED) is 0.164. The number of hydrogen-bond acceptors (Lipinski definition) is 12. The minimum absolute atomic E-state index is 0.0401. The lowest BCUT2D eigenvalue weighted by Crippen LogP contribution is -1.98. The summed E-state index contributed by atoms with van der Waals surface area (Å²) in [6, 6.07) is 13.7. The third-order valence-corrected chi connectivity index (χ3v) is 5.47. The Balaban J connectivity index is 1.70. The molecule has 3 heterocycles. The summed E-state index contributed by atoms with van der Waals surface area (Å²) in [5.41, 5.74) is 5.84.